The summed E-state index contributed by atoms with van der Waals surface area (Å²) >= 11 is 0. The number of hydrogen-bond donors (Lipinski definition) is 5. The van der Waals surface area contributed by atoms with Gasteiger partial charge in [-0.05, 0) is 0 Å². The summed E-state index contributed by atoms with van der Waals surface area (Å²) in [5.41, 5.74) is 0. The monoisotopic (exact) mass is 183 g/mol. The van der Waals surface area contributed by atoms with E-state index < -0.39 is 30.9 Å². The van der Waals surface area contributed by atoms with Crippen LogP contribution in [0.1, 0.15) is 0 Å². The van der Waals surface area contributed by atoms with Crippen molar-refractivity contribution < 1.29 is 30.3 Å². The van der Waals surface area contributed by atoms with Crippen LogP contribution in [0.3, 0.4) is 0 Å². The molecule has 0 aromatic heterocycles. The smallest absolute Gasteiger partial charge is 0.122 e. The summed E-state index contributed by atoms with van der Waals surface area (Å²) < 4.78 is 0. The number of carbonyl (C=O) groups is 1. The van der Waals surface area contributed by atoms with E-state index in [1.165, 1.54) is 0 Å². The Labute approximate surface area is 68.5 Å². The van der Waals surface area contributed by atoms with Crippen LogP contribution >= 0.6 is 0 Å². The highest BCUT2D eigenvalue weighted by Crippen LogP contribution is 1.98. The van der Waals surface area contributed by atoms with Crippen molar-refractivity contribution in [3.63, 3.8) is 0 Å². The predicted octanol–water partition coefficient (Wildman–Crippen LogP) is -3.81. The third-order valence-electron chi connectivity index (χ3n) is 1.15. The molecule has 0 unspecified atom stereocenters. The number of quaternary nitrogens is 1. The summed E-state index contributed by atoms with van der Waals surface area (Å²) in [4.78, 5) is 9.85. The summed E-state index contributed by atoms with van der Waals surface area (Å²) in [6.45, 7) is -0.828. The average molecular weight is 183 g/mol. The van der Waals surface area contributed by atoms with Gasteiger partial charge in [-0.25, -0.2) is 0 Å². The Balaban J connectivity index is 0. The van der Waals surface area contributed by atoms with E-state index in [2.05, 4.69) is 0 Å². The number of carboxylic acid groups (broad SMARTS) is 1. The van der Waals surface area contributed by atoms with Gasteiger partial charge in [0.2, 0.25) is 0 Å². The van der Waals surface area contributed by atoms with E-state index in [-0.39, 0.29) is 6.15 Å². The number of rotatable bonds is 4. The van der Waals surface area contributed by atoms with Crippen LogP contribution < -0.4 is 11.3 Å². The zero-order valence-corrected chi connectivity index (χ0v) is 6.54. The highest BCUT2D eigenvalue weighted by Gasteiger charge is 2.24. The van der Waals surface area contributed by atoms with Gasteiger partial charge in [-0.2, -0.15) is 0 Å². The Morgan fingerprint density at radius 2 is 1.75 bits per heavy atom. The molecule has 0 spiro atoms. The zero-order valence-electron chi connectivity index (χ0n) is 6.54. The molecule has 0 rings (SSSR count). The number of aliphatic hydroxyl groups is 4. The largest absolute Gasteiger partial charge is 0.547 e. The third-order valence-corrected chi connectivity index (χ3v) is 1.15. The van der Waals surface area contributed by atoms with Gasteiger partial charge < -0.3 is 36.5 Å². The summed E-state index contributed by atoms with van der Waals surface area (Å²) in [5.74, 6) is -1.90. The van der Waals surface area contributed by atoms with Gasteiger partial charge in [-0.1, -0.05) is 0 Å². The second-order valence-corrected chi connectivity index (χ2v) is 2.00. The molecule has 0 radical (unpaired) electrons. The maximum absolute atomic E-state index is 9.85. The first kappa shape index (κ1) is 13.8. The Hall–Kier alpha value is -0.730. The van der Waals surface area contributed by atoms with E-state index in [1.54, 1.807) is 0 Å². The number of carbonyl (C=O) groups excluding carboxylic acids is 1. The number of hydrogen-bond acceptors (Lipinski definition) is 6. The predicted molar refractivity (Wildman–Crippen MR) is 36.1 cm³/mol. The van der Waals surface area contributed by atoms with E-state index in [4.69, 9.17) is 20.4 Å². The van der Waals surface area contributed by atoms with Gasteiger partial charge in [0, 0.05) is 0 Å². The Bertz CT molecular complexity index is 140. The fraction of sp³-hybridized carbons (Fsp3) is 0.800. The molecular formula is C5H13NO6. The molecule has 7 nitrogen and oxygen atoms in total. The zero-order chi connectivity index (χ0) is 9.02. The molecule has 0 saturated carbocycles. The summed E-state index contributed by atoms with van der Waals surface area (Å²) in [5, 5.41) is 43.8. The van der Waals surface area contributed by atoms with Gasteiger partial charge in [0.1, 0.15) is 18.3 Å². The molecule has 0 amide bonds. The summed E-state index contributed by atoms with van der Waals surface area (Å²) in [7, 11) is 0. The van der Waals surface area contributed by atoms with Crippen LogP contribution in [0.5, 0.6) is 0 Å². The van der Waals surface area contributed by atoms with Crippen molar-refractivity contribution in [2.75, 3.05) is 6.61 Å². The molecule has 12 heavy (non-hydrogen) atoms. The van der Waals surface area contributed by atoms with Gasteiger partial charge >= 0.3 is 0 Å². The van der Waals surface area contributed by atoms with Crippen molar-refractivity contribution in [2.45, 2.75) is 18.3 Å². The Morgan fingerprint density at radius 3 is 2.00 bits per heavy atom. The number of carboxylic acids is 1. The lowest BCUT2D eigenvalue weighted by Gasteiger charge is -2.21. The normalized spacial score (nSPS) is 17.3. The van der Waals surface area contributed by atoms with Crippen LogP contribution in [0.2, 0.25) is 0 Å². The van der Waals surface area contributed by atoms with Crippen LogP contribution in [0.25, 0.3) is 0 Å². The second-order valence-electron chi connectivity index (χ2n) is 2.00. The standard InChI is InChI=1S/C5H10O6.H3N/c6-1-2(7)3(8)4(9)5(10)11;/h2-4,6-9H,1H2,(H,10,11);1H3/t2-,3+,4-;/m0./s1. The summed E-state index contributed by atoms with van der Waals surface area (Å²) in [6.07, 6.45) is -5.79. The lowest BCUT2D eigenvalue weighted by Crippen LogP contribution is -2.49. The van der Waals surface area contributed by atoms with Crippen molar-refractivity contribution in [3.8, 4) is 0 Å². The molecule has 0 aliphatic carbocycles. The molecule has 0 aromatic rings. The fourth-order valence-electron chi connectivity index (χ4n) is 0.458. The first-order chi connectivity index (χ1) is 5.00. The second kappa shape index (κ2) is 5.86. The van der Waals surface area contributed by atoms with Crippen LogP contribution in [0.15, 0.2) is 0 Å². The van der Waals surface area contributed by atoms with Crippen molar-refractivity contribution in [1.29, 1.82) is 0 Å². The van der Waals surface area contributed by atoms with Gasteiger partial charge in [-0.3, -0.25) is 0 Å². The van der Waals surface area contributed by atoms with E-state index in [0.29, 0.717) is 0 Å². The van der Waals surface area contributed by atoms with Crippen LogP contribution in [0.4, 0.5) is 0 Å². The van der Waals surface area contributed by atoms with Gasteiger partial charge in [0.25, 0.3) is 0 Å². The first-order valence-electron chi connectivity index (χ1n) is 2.86. The highest BCUT2D eigenvalue weighted by atomic mass is 16.4. The topological polar surface area (TPSA) is 158 Å². The Morgan fingerprint density at radius 1 is 1.33 bits per heavy atom. The van der Waals surface area contributed by atoms with E-state index in [1.807, 2.05) is 0 Å². The lowest BCUT2D eigenvalue weighted by atomic mass is 10.1. The van der Waals surface area contributed by atoms with Gasteiger partial charge in [-0.15, -0.1) is 0 Å². The molecule has 0 saturated heterocycles. The molecule has 0 fully saturated rings. The van der Waals surface area contributed by atoms with Crippen LogP contribution in [-0.2, 0) is 4.79 Å². The molecule has 74 valence electrons. The minimum atomic E-state index is -2.18. The van der Waals surface area contributed by atoms with E-state index in [9.17, 15) is 9.90 Å². The molecule has 0 bridgehead atoms. The van der Waals surface area contributed by atoms with E-state index in [0.717, 1.165) is 0 Å². The molecule has 8 N–H and O–H groups in total. The molecule has 0 aliphatic rings. The molecule has 7 heteroatoms. The fourth-order valence-corrected chi connectivity index (χ4v) is 0.458. The average Bonchev–Trinajstić information content (AvgIpc) is 2.00. The molecular weight excluding hydrogens is 170 g/mol. The first-order valence-corrected chi connectivity index (χ1v) is 2.86. The molecule has 0 aromatic carbocycles. The summed E-state index contributed by atoms with van der Waals surface area (Å²) in [6, 6.07) is 0. The van der Waals surface area contributed by atoms with Crippen LogP contribution in [-0.4, -0.2) is 51.3 Å². The Kier molecular flexibility index (Phi) is 6.76. The SMILES string of the molecule is O=C([O-])[C@@H](O)[C@H](O)[C@@H](O)CO.[NH4+]. The van der Waals surface area contributed by atoms with Crippen molar-refractivity contribution in [1.82, 2.24) is 6.15 Å². The van der Waals surface area contributed by atoms with E-state index >= 15 is 0 Å². The minimum Gasteiger partial charge on any atom is -0.547 e. The highest BCUT2D eigenvalue weighted by molar-refractivity contribution is 5.70. The van der Waals surface area contributed by atoms with Crippen molar-refractivity contribution >= 4 is 5.97 Å². The van der Waals surface area contributed by atoms with Gasteiger partial charge in [0.05, 0.1) is 12.6 Å². The molecule has 0 aliphatic heterocycles. The minimum absolute atomic E-state index is 0. The molecule has 3 atom stereocenters. The third kappa shape index (κ3) is 3.60. The maximum Gasteiger partial charge on any atom is 0.122 e. The van der Waals surface area contributed by atoms with Crippen molar-refractivity contribution in [2.24, 2.45) is 0 Å². The number of aliphatic hydroxyl groups excluding tert-OH is 4. The molecule has 0 heterocycles. The number of aliphatic carboxylic acids is 1. The lowest BCUT2D eigenvalue weighted by molar-refractivity contribution is -0.319. The maximum atomic E-state index is 9.85. The quantitative estimate of drug-likeness (QED) is 0.300. The van der Waals surface area contributed by atoms with Gasteiger partial charge in [0.15, 0.2) is 0 Å². The van der Waals surface area contributed by atoms with Crippen LogP contribution in [0, 0.1) is 0 Å². The van der Waals surface area contributed by atoms with Crippen molar-refractivity contribution in [3.05, 3.63) is 0 Å².